The van der Waals surface area contributed by atoms with E-state index in [-0.39, 0.29) is 0 Å². The predicted molar refractivity (Wildman–Crippen MR) is 104 cm³/mol. The molecule has 134 valence electrons. The van der Waals surface area contributed by atoms with Gasteiger partial charge in [-0.3, -0.25) is 0 Å². The van der Waals surface area contributed by atoms with E-state index in [4.69, 9.17) is 4.98 Å². The van der Waals surface area contributed by atoms with Crippen LogP contribution in [0.2, 0.25) is 0 Å². The summed E-state index contributed by atoms with van der Waals surface area (Å²) in [6.07, 6.45) is 9.04. The average Bonchev–Trinajstić information content (AvgIpc) is 3.31. The van der Waals surface area contributed by atoms with Crippen LogP contribution in [0.3, 0.4) is 0 Å². The van der Waals surface area contributed by atoms with Crippen LogP contribution >= 0.6 is 0 Å². The SMILES string of the molecule is c1nc2nc(Nc3ccc4c(c3)NCC4)nc(NC3CCCCC3)c2[nH]1. The van der Waals surface area contributed by atoms with Crippen LogP contribution in [0.25, 0.3) is 11.2 Å². The third kappa shape index (κ3) is 2.94. The van der Waals surface area contributed by atoms with Crippen molar-refractivity contribution in [2.45, 2.75) is 44.6 Å². The van der Waals surface area contributed by atoms with Gasteiger partial charge in [0.05, 0.1) is 6.33 Å². The Morgan fingerprint density at radius 3 is 2.92 bits per heavy atom. The molecule has 0 saturated heterocycles. The zero-order chi connectivity index (χ0) is 17.3. The van der Waals surface area contributed by atoms with Gasteiger partial charge in [-0.15, -0.1) is 0 Å². The van der Waals surface area contributed by atoms with Crippen molar-refractivity contribution in [2.24, 2.45) is 0 Å². The number of aromatic amines is 1. The van der Waals surface area contributed by atoms with Crippen molar-refractivity contribution in [3.8, 4) is 0 Å². The van der Waals surface area contributed by atoms with Gasteiger partial charge in [-0.05, 0) is 37.0 Å². The molecule has 2 aliphatic rings. The number of anilines is 4. The minimum absolute atomic E-state index is 0.474. The lowest BCUT2D eigenvalue weighted by Crippen LogP contribution is -2.23. The van der Waals surface area contributed by atoms with Crippen molar-refractivity contribution in [3.05, 3.63) is 30.1 Å². The summed E-state index contributed by atoms with van der Waals surface area (Å²) in [6.45, 7) is 1.00. The minimum atomic E-state index is 0.474. The van der Waals surface area contributed by atoms with E-state index in [9.17, 15) is 0 Å². The van der Waals surface area contributed by atoms with Gasteiger partial charge in [0.15, 0.2) is 11.5 Å². The van der Waals surface area contributed by atoms with Crippen LogP contribution in [0, 0.1) is 0 Å². The molecule has 1 aliphatic carbocycles. The number of hydrogen-bond donors (Lipinski definition) is 4. The van der Waals surface area contributed by atoms with E-state index in [2.05, 4.69) is 49.1 Å². The molecule has 4 N–H and O–H groups in total. The van der Waals surface area contributed by atoms with Crippen molar-refractivity contribution >= 4 is 34.3 Å². The van der Waals surface area contributed by atoms with Crippen LogP contribution < -0.4 is 16.0 Å². The largest absolute Gasteiger partial charge is 0.384 e. The second-order valence-electron chi connectivity index (χ2n) is 7.15. The first-order chi connectivity index (χ1) is 12.8. The average molecular weight is 349 g/mol. The Balaban J connectivity index is 1.44. The molecule has 0 bridgehead atoms. The molecule has 3 aromatic rings. The van der Waals surface area contributed by atoms with Crippen molar-refractivity contribution in [2.75, 3.05) is 22.5 Å². The summed E-state index contributed by atoms with van der Waals surface area (Å²) >= 11 is 0. The topological polar surface area (TPSA) is 90.6 Å². The fraction of sp³-hybridized carbons (Fsp3) is 0.421. The quantitative estimate of drug-likeness (QED) is 0.573. The van der Waals surface area contributed by atoms with Crippen molar-refractivity contribution in [1.29, 1.82) is 0 Å². The second-order valence-corrected chi connectivity index (χ2v) is 7.15. The van der Waals surface area contributed by atoms with E-state index in [0.29, 0.717) is 17.6 Å². The first-order valence-electron chi connectivity index (χ1n) is 9.47. The van der Waals surface area contributed by atoms with Crippen LogP contribution in [0.5, 0.6) is 0 Å². The molecule has 2 aromatic heterocycles. The van der Waals surface area contributed by atoms with Crippen LogP contribution in [-0.4, -0.2) is 32.5 Å². The molecule has 26 heavy (non-hydrogen) atoms. The third-order valence-corrected chi connectivity index (χ3v) is 5.31. The molecular formula is C19H23N7. The van der Waals surface area contributed by atoms with Gasteiger partial charge in [0, 0.05) is 24.0 Å². The lowest BCUT2D eigenvalue weighted by molar-refractivity contribution is 0.462. The van der Waals surface area contributed by atoms with Crippen molar-refractivity contribution in [1.82, 2.24) is 19.9 Å². The highest BCUT2D eigenvalue weighted by molar-refractivity contribution is 5.84. The van der Waals surface area contributed by atoms with Gasteiger partial charge >= 0.3 is 0 Å². The molecule has 1 saturated carbocycles. The lowest BCUT2D eigenvalue weighted by Gasteiger charge is -2.23. The molecule has 3 heterocycles. The number of fused-ring (bicyclic) bond motifs is 2. The smallest absolute Gasteiger partial charge is 0.231 e. The number of benzene rings is 1. The molecule has 0 amide bonds. The Morgan fingerprint density at radius 1 is 1.08 bits per heavy atom. The molecule has 1 fully saturated rings. The van der Waals surface area contributed by atoms with Gasteiger partial charge in [0.25, 0.3) is 0 Å². The zero-order valence-corrected chi connectivity index (χ0v) is 14.7. The predicted octanol–water partition coefficient (Wildman–Crippen LogP) is 3.81. The van der Waals surface area contributed by atoms with E-state index >= 15 is 0 Å². The van der Waals surface area contributed by atoms with Crippen LogP contribution in [-0.2, 0) is 6.42 Å². The minimum Gasteiger partial charge on any atom is -0.384 e. The summed E-state index contributed by atoms with van der Waals surface area (Å²) in [5, 5.41) is 10.3. The fourth-order valence-electron chi connectivity index (χ4n) is 3.93. The van der Waals surface area contributed by atoms with Gasteiger partial charge < -0.3 is 20.9 Å². The van der Waals surface area contributed by atoms with E-state index in [1.54, 1.807) is 6.33 Å². The molecule has 0 radical (unpaired) electrons. The second kappa shape index (κ2) is 6.48. The molecule has 0 atom stereocenters. The molecule has 5 rings (SSSR count). The Bertz CT molecular complexity index is 927. The number of rotatable bonds is 4. The maximum absolute atomic E-state index is 4.73. The van der Waals surface area contributed by atoms with Crippen molar-refractivity contribution < 1.29 is 0 Å². The summed E-state index contributed by atoms with van der Waals surface area (Å²) < 4.78 is 0. The van der Waals surface area contributed by atoms with Gasteiger partial charge in [0.1, 0.15) is 5.52 Å². The third-order valence-electron chi connectivity index (χ3n) is 5.31. The number of nitrogens with zero attached hydrogens (tertiary/aromatic N) is 3. The lowest BCUT2D eigenvalue weighted by atomic mass is 9.95. The van der Waals surface area contributed by atoms with Gasteiger partial charge in [-0.2, -0.15) is 9.97 Å². The number of hydrogen-bond acceptors (Lipinski definition) is 6. The summed E-state index contributed by atoms with van der Waals surface area (Å²) in [7, 11) is 0. The number of nitrogens with one attached hydrogen (secondary N) is 4. The number of imidazole rings is 1. The molecule has 1 aliphatic heterocycles. The molecule has 1 aromatic carbocycles. The first kappa shape index (κ1) is 15.4. The number of H-pyrrole nitrogens is 1. The van der Waals surface area contributed by atoms with E-state index < -0.39 is 0 Å². The molecule has 0 spiro atoms. The highest BCUT2D eigenvalue weighted by atomic mass is 15.2. The maximum atomic E-state index is 4.73. The summed E-state index contributed by atoms with van der Waals surface area (Å²) in [5.41, 5.74) is 5.09. The van der Waals surface area contributed by atoms with Crippen LogP contribution in [0.15, 0.2) is 24.5 Å². The van der Waals surface area contributed by atoms with Crippen molar-refractivity contribution in [3.63, 3.8) is 0 Å². The Hall–Kier alpha value is -2.83. The zero-order valence-electron chi connectivity index (χ0n) is 14.7. The van der Waals surface area contributed by atoms with Crippen LogP contribution in [0.1, 0.15) is 37.7 Å². The summed E-state index contributed by atoms with van der Waals surface area (Å²) in [6, 6.07) is 6.83. The van der Waals surface area contributed by atoms with Crippen LogP contribution in [0.4, 0.5) is 23.1 Å². The molecular weight excluding hydrogens is 326 g/mol. The Labute approximate surface area is 152 Å². The monoisotopic (exact) mass is 349 g/mol. The van der Waals surface area contributed by atoms with Gasteiger partial charge in [-0.25, -0.2) is 4.98 Å². The highest BCUT2D eigenvalue weighted by Crippen LogP contribution is 2.29. The molecule has 7 heteroatoms. The molecule has 0 unspecified atom stereocenters. The summed E-state index contributed by atoms with van der Waals surface area (Å²) in [5.74, 6) is 1.40. The van der Waals surface area contributed by atoms with Gasteiger partial charge in [-0.1, -0.05) is 25.3 Å². The van der Waals surface area contributed by atoms with Gasteiger partial charge in [0.2, 0.25) is 5.95 Å². The Kier molecular flexibility index (Phi) is 3.84. The fourth-order valence-corrected chi connectivity index (χ4v) is 3.93. The number of aromatic nitrogens is 4. The first-order valence-corrected chi connectivity index (χ1v) is 9.47. The molecule has 7 nitrogen and oxygen atoms in total. The Morgan fingerprint density at radius 2 is 2.00 bits per heavy atom. The summed E-state index contributed by atoms with van der Waals surface area (Å²) in [4.78, 5) is 16.8. The van der Waals surface area contributed by atoms with E-state index in [1.807, 2.05) is 0 Å². The highest BCUT2D eigenvalue weighted by Gasteiger charge is 2.17. The standard InChI is InChI=1S/C19H23N7/c1-2-4-13(5-3-1)23-18-16-17(22-11-21-16)25-19(26-18)24-14-7-6-12-8-9-20-15(12)10-14/h6-7,10-11,13,20H,1-5,8-9H2,(H3,21,22,23,24,25,26). The normalized spacial score (nSPS) is 17.1. The maximum Gasteiger partial charge on any atom is 0.231 e. The van der Waals surface area contributed by atoms with E-state index in [0.717, 1.165) is 30.0 Å². The van der Waals surface area contributed by atoms with E-state index in [1.165, 1.54) is 43.4 Å².